The van der Waals surface area contributed by atoms with Crippen LogP contribution in [0.5, 0.6) is 0 Å². The van der Waals surface area contributed by atoms with Gasteiger partial charge in [-0.05, 0) is 25.8 Å². The van der Waals surface area contributed by atoms with Crippen molar-refractivity contribution in [2.75, 3.05) is 6.54 Å². The van der Waals surface area contributed by atoms with Crippen molar-refractivity contribution in [1.82, 2.24) is 29.8 Å². The standard InChI is InChI=1S/C18H24N6O2/c1-2-23-11-13(10-19-23)18(26)22-7-8-24-15(12-22)9-16(21-24)17(25)20-14-5-3-4-6-14/h9-11,14H,2-8,12H2,1H3,(H,20,25). The second-order valence-electron chi connectivity index (χ2n) is 7.01. The van der Waals surface area contributed by atoms with Gasteiger partial charge in [0.2, 0.25) is 0 Å². The zero-order chi connectivity index (χ0) is 18.1. The van der Waals surface area contributed by atoms with Gasteiger partial charge in [0.05, 0.1) is 30.5 Å². The summed E-state index contributed by atoms with van der Waals surface area (Å²) in [6.07, 6.45) is 7.83. The Hall–Kier alpha value is -2.64. The Labute approximate surface area is 152 Å². The first-order chi connectivity index (χ1) is 12.6. The van der Waals surface area contributed by atoms with Gasteiger partial charge in [-0.25, -0.2) is 0 Å². The van der Waals surface area contributed by atoms with E-state index >= 15 is 0 Å². The molecule has 138 valence electrons. The normalized spacial score (nSPS) is 17.3. The molecule has 0 saturated heterocycles. The van der Waals surface area contributed by atoms with Crippen LogP contribution in [-0.2, 0) is 19.6 Å². The molecule has 0 bridgehead atoms. The van der Waals surface area contributed by atoms with Crippen molar-refractivity contribution in [2.24, 2.45) is 0 Å². The van der Waals surface area contributed by atoms with Crippen molar-refractivity contribution in [3.05, 3.63) is 35.4 Å². The molecule has 0 spiro atoms. The topological polar surface area (TPSA) is 85.0 Å². The van der Waals surface area contributed by atoms with Crippen molar-refractivity contribution in [2.45, 2.75) is 58.3 Å². The van der Waals surface area contributed by atoms with Gasteiger partial charge in [-0.2, -0.15) is 10.2 Å². The van der Waals surface area contributed by atoms with Crippen LogP contribution >= 0.6 is 0 Å². The van der Waals surface area contributed by atoms with E-state index in [9.17, 15) is 9.59 Å². The highest BCUT2D eigenvalue weighted by Crippen LogP contribution is 2.19. The van der Waals surface area contributed by atoms with Crippen molar-refractivity contribution < 1.29 is 9.59 Å². The molecular formula is C18H24N6O2. The van der Waals surface area contributed by atoms with Crippen LogP contribution in [0.3, 0.4) is 0 Å². The van der Waals surface area contributed by atoms with Gasteiger partial charge in [-0.1, -0.05) is 12.8 Å². The van der Waals surface area contributed by atoms with Crippen LogP contribution in [0.15, 0.2) is 18.5 Å². The molecule has 3 heterocycles. The molecule has 0 aromatic carbocycles. The predicted molar refractivity (Wildman–Crippen MR) is 94.6 cm³/mol. The summed E-state index contributed by atoms with van der Waals surface area (Å²) in [5, 5.41) is 11.7. The van der Waals surface area contributed by atoms with Crippen LogP contribution < -0.4 is 5.32 Å². The summed E-state index contributed by atoms with van der Waals surface area (Å²) in [7, 11) is 0. The first-order valence-corrected chi connectivity index (χ1v) is 9.33. The summed E-state index contributed by atoms with van der Waals surface area (Å²) in [6, 6.07) is 2.08. The van der Waals surface area contributed by atoms with Crippen LogP contribution in [-0.4, -0.2) is 48.9 Å². The van der Waals surface area contributed by atoms with E-state index in [0.29, 0.717) is 30.9 Å². The van der Waals surface area contributed by atoms with Gasteiger partial charge in [0.15, 0.2) is 5.69 Å². The predicted octanol–water partition coefficient (Wildman–Crippen LogP) is 1.43. The Kier molecular flexibility index (Phi) is 4.48. The SMILES string of the molecule is CCn1cc(C(=O)N2CCn3nc(C(=O)NC4CCCC4)cc3C2)cn1. The second-order valence-corrected chi connectivity index (χ2v) is 7.01. The lowest BCUT2D eigenvalue weighted by Gasteiger charge is -2.27. The second kappa shape index (κ2) is 6.93. The number of aromatic nitrogens is 4. The van der Waals surface area contributed by atoms with E-state index in [1.54, 1.807) is 28.0 Å². The molecule has 1 saturated carbocycles. The van der Waals surface area contributed by atoms with Gasteiger partial charge in [0, 0.05) is 25.3 Å². The quantitative estimate of drug-likeness (QED) is 0.898. The van der Waals surface area contributed by atoms with Gasteiger partial charge in [0.1, 0.15) is 0 Å². The third kappa shape index (κ3) is 3.23. The van der Waals surface area contributed by atoms with Crippen molar-refractivity contribution in [1.29, 1.82) is 0 Å². The van der Waals surface area contributed by atoms with Crippen molar-refractivity contribution in [3.63, 3.8) is 0 Å². The first kappa shape index (κ1) is 16.8. The van der Waals surface area contributed by atoms with Crippen LogP contribution in [0, 0.1) is 0 Å². The van der Waals surface area contributed by atoms with E-state index in [4.69, 9.17) is 0 Å². The molecule has 2 aromatic rings. The Morgan fingerprint density at radius 2 is 2.08 bits per heavy atom. The molecule has 2 aliphatic rings. The number of fused-ring (bicyclic) bond motifs is 1. The molecule has 2 aromatic heterocycles. The Bertz CT molecular complexity index is 818. The largest absolute Gasteiger partial charge is 0.348 e. The van der Waals surface area contributed by atoms with Gasteiger partial charge in [-0.3, -0.25) is 19.0 Å². The molecule has 4 rings (SSSR count). The molecule has 0 atom stereocenters. The van der Waals surface area contributed by atoms with E-state index < -0.39 is 0 Å². The minimum absolute atomic E-state index is 0.0332. The summed E-state index contributed by atoms with van der Waals surface area (Å²) in [6.45, 7) is 4.35. The van der Waals surface area contributed by atoms with Crippen LogP contribution in [0.1, 0.15) is 59.1 Å². The highest BCUT2D eigenvalue weighted by molar-refractivity contribution is 5.94. The number of carbonyl (C=O) groups is 2. The van der Waals surface area contributed by atoms with Gasteiger partial charge >= 0.3 is 0 Å². The summed E-state index contributed by atoms with van der Waals surface area (Å²) in [5.74, 6) is -0.144. The molecule has 1 fully saturated rings. The maximum absolute atomic E-state index is 12.7. The average Bonchev–Trinajstić information content (AvgIpc) is 3.39. The fourth-order valence-corrected chi connectivity index (χ4v) is 3.71. The fourth-order valence-electron chi connectivity index (χ4n) is 3.71. The third-order valence-corrected chi connectivity index (χ3v) is 5.21. The molecule has 0 unspecified atom stereocenters. The summed E-state index contributed by atoms with van der Waals surface area (Å²) < 4.78 is 3.58. The number of nitrogens with one attached hydrogen (secondary N) is 1. The minimum atomic E-state index is -0.110. The number of nitrogens with zero attached hydrogens (tertiary/aromatic N) is 5. The highest BCUT2D eigenvalue weighted by Gasteiger charge is 2.26. The maximum Gasteiger partial charge on any atom is 0.272 e. The maximum atomic E-state index is 12.7. The van der Waals surface area contributed by atoms with Crippen molar-refractivity contribution in [3.8, 4) is 0 Å². The molecule has 26 heavy (non-hydrogen) atoms. The zero-order valence-corrected chi connectivity index (χ0v) is 15.0. The molecular weight excluding hydrogens is 332 g/mol. The summed E-state index contributed by atoms with van der Waals surface area (Å²) in [5.41, 5.74) is 1.93. The average molecular weight is 356 g/mol. The van der Waals surface area contributed by atoms with E-state index in [1.165, 1.54) is 12.8 Å². The number of amides is 2. The molecule has 0 radical (unpaired) electrons. The first-order valence-electron chi connectivity index (χ1n) is 9.33. The lowest BCUT2D eigenvalue weighted by atomic mass is 10.2. The smallest absolute Gasteiger partial charge is 0.272 e. The van der Waals surface area contributed by atoms with E-state index in [-0.39, 0.29) is 17.9 Å². The monoisotopic (exact) mass is 356 g/mol. The zero-order valence-electron chi connectivity index (χ0n) is 15.0. The number of rotatable bonds is 4. The lowest BCUT2D eigenvalue weighted by Crippen LogP contribution is -2.38. The number of carbonyl (C=O) groups excluding carboxylic acids is 2. The van der Waals surface area contributed by atoms with Crippen molar-refractivity contribution >= 4 is 11.8 Å². The highest BCUT2D eigenvalue weighted by atomic mass is 16.2. The van der Waals surface area contributed by atoms with Crippen LogP contribution in [0.2, 0.25) is 0 Å². The Morgan fingerprint density at radius 1 is 1.27 bits per heavy atom. The van der Waals surface area contributed by atoms with Gasteiger partial charge < -0.3 is 10.2 Å². The minimum Gasteiger partial charge on any atom is -0.348 e. The Morgan fingerprint density at radius 3 is 2.81 bits per heavy atom. The van der Waals surface area contributed by atoms with Crippen LogP contribution in [0.25, 0.3) is 0 Å². The molecule has 1 aliphatic carbocycles. The van der Waals surface area contributed by atoms with Crippen LogP contribution in [0.4, 0.5) is 0 Å². The summed E-state index contributed by atoms with van der Waals surface area (Å²) in [4.78, 5) is 26.9. The molecule has 1 aliphatic heterocycles. The third-order valence-electron chi connectivity index (χ3n) is 5.21. The fraction of sp³-hybridized carbons (Fsp3) is 0.556. The van der Waals surface area contributed by atoms with Gasteiger partial charge in [0.25, 0.3) is 11.8 Å². The summed E-state index contributed by atoms with van der Waals surface area (Å²) >= 11 is 0. The number of aryl methyl sites for hydroxylation is 1. The molecule has 2 amide bonds. The van der Waals surface area contributed by atoms with E-state index in [0.717, 1.165) is 25.1 Å². The Balaban J connectivity index is 1.44. The van der Waals surface area contributed by atoms with Gasteiger partial charge in [-0.15, -0.1) is 0 Å². The van der Waals surface area contributed by atoms with E-state index in [2.05, 4.69) is 15.5 Å². The number of hydrogen-bond acceptors (Lipinski definition) is 4. The van der Waals surface area contributed by atoms with E-state index in [1.807, 2.05) is 11.6 Å². The lowest BCUT2D eigenvalue weighted by molar-refractivity contribution is 0.0705. The molecule has 1 N–H and O–H groups in total. The molecule has 8 nitrogen and oxygen atoms in total. The molecule has 8 heteroatoms. The number of hydrogen-bond donors (Lipinski definition) is 1.